The van der Waals surface area contributed by atoms with Crippen LogP contribution in [0.3, 0.4) is 0 Å². The first-order valence-corrected chi connectivity index (χ1v) is 6.99. The van der Waals surface area contributed by atoms with E-state index >= 15 is 0 Å². The number of ether oxygens (including phenoxy) is 2. The molecule has 21 heavy (non-hydrogen) atoms. The molecule has 1 aromatic carbocycles. The molecule has 1 aliphatic carbocycles. The standard InChI is InChI=1S/C15H17NO5/c1-8(15(18)19)16-14(17)11-7-10(11)9-2-3-12-13(6-9)21-5-4-20-12/h2-3,6,8,10-11H,4-5,7H2,1H3,(H,16,17)(H,18,19). The third kappa shape index (κ3) is 2.79. The van der Waals surface area contributed by atoms with Gasteiger partial charge in [-0.05, 0) is 37.0 Å². The molecule has 2 N–H and O–H groups in total. The van der Waals surface area contributed by atoms with E-state index in [2.05, 4.69) is 5.32 Å². The first-order valence-electron chi connectivity index (χ1n) is 6.99. The lowest BCUT2D eigenvalue weighted by Gasteiger charge is -2.18. The molecular weight excluding hydrogens is 274 g/mol. The first kappa shape index (κ1) is 13.7. The maximum Gasteiger partial charge on any atom is 0.325 e. The van der Waals surface area contributed by atoms with Crippen molar-refractivity contribution in [3.05, 3.63) is 23.8 Å². The predicted molar refractivity (Wildman–Crippen MR) is 73.5 cm³/mol. The maximum atomic E-state index is 12.0. The van der Waals surface area contributed by atoms with Crippen LogP contribution in [0.5, 0.6) is 11.5 Å². The molecule has 1 heterocycles. The average Bonchev–Trinajstić information content (AvgIpc) is 3.27. The molecule has 3 rings (SSSR count). The van der Waals surface area contributed by atoms with Crippen LogP contribution in [0.25, 0.3) is 0 Å². The zero-order valence-electron chi connectivity index (χ0n) is 11.7. The van der Waals surface area contributed by atoms with Gasteiger partial charge in [0.15, 0.2) is 11.5 Å². The minimum atomic E-state index is -1.03. The summed E-state index contributed by atoms with van der Waals surface area (Å²) in [5.41, 5.74) is 1.03. The predicted octanol–water partition coefficient (Wildman–Crippen LogP) is 1.15. The summed E-state index contributed by atoms with van der Waals surface area (Å²) in [6, 6.07) is 4.84. The summed E-state index contributed by atoms with van der Waals surface area (Å²) in [5.74, 6) is 0.177. The van der Waals surface area contributed by atoms with Crippen LogP contribution in [0.1, 0.15) is 24.8 Å². The highest BCUT2D eigenvalue weighted by Gasteiger charge is 2.44. The van der Waals surface area contributed by atoms with Gasteiger partial charge in [0, 0.05) is 5.92 Å². The topological polar surface area (TPSA) is 84.9 Å². The quantitative estimate of drug-likeness (QED) is 0.869. The Balaban J connectivity index is 1.65. The fourth-order valence-electron chi connectivity index (χ4n) is 2.53. The van der Waals surface area contributed by atoms with Gasteiger partial charge < -0.3 is 19.9 Å². The molecule has 1 aliphatic heterocycles. The number of amides is 1. The van der Waals surface area contributed by atoms with E-state index in [4.69, 9.17) is 14.6 Å². The lowest BCUT2D eigenvalue weighted by Crippen LogP contribution is -2.39. The number of carbonyl (C=O) groups excluding carboxylic acids is 1. The number of nitrogens with one attached hydrogen (secondary N) is 1. The SMILES string of the molecule is CC(NC(=O)C1CC1c1ccc2c(c1)OCCO2)C(=O)O. The van der Waals surface area contributed by atoms with Gasteiger partial charge in [-0.1, -0.05) is 6.07 Å². The van der Waals surface area contributed by atoms with E-state index in [1.165, 1.54) is 6.92 Å². The molecule has 1 aromatic rings. The Morgan fingerprint density at radius 3 is 2.71 bits per heavy atom. The third-order valence-electron chi connectivity index (χ3n) is 3.85. The van der Waals surface area contributed by atoms with Gasteiger partial charge in [0.2, 0.25) is 5.91 Å². The second kappa shape index (κ2) is 5.27. The number of hydrogen-bond donors (Lipinski definition) is 2. The molecule has 6 nitrogen and oxygen atoms in total. The Kier molecular flexibility index (Phi) is 3.45. The number of carboxylic acids is 1. The van der Waals surface area contributed by atoms with Crippen LogP contribution in [-0.4, -0.2) is 36.2 Å². The Morgan fingerprint density at radius 2 is 2.00 bits per heavy atom. The molecule has 1 saturated carbocycles. The van der Waals surface area contributed by atoms with E-state index in [0.29, 0.717) is 19.0 Å². The molecule has 0 spiro atoms. The van der Waals surface area contributed by atoms with Crippen LogP contribution in [-0.2, 0) is 9.59 Å². The number of benzene rings is 1. The zero-order valence-corrected chi connectivity index (χ0v) is 11.7. The second-order valence-corrected chi connectivity index (χ2v) is 5.42. The smallest absolute Gasteiger partial charge is 0.325 e. The lowest BCUT2D eigenvalue weighted by atomic mass is 10.1. The lowest BCUT2D eigenvalue weighted by molar-refractivity contribution is -0.141. The molecule has 3 unspecified atom stereocenters. The monoisotopic (exact) mass is 291 g/mol. The van der Waals surface area contributed by atoms with E-state index in [0.717, 1.165) is 17.7 Å². The molecule has 0 aromatic heterocycles. The zero-order chi connectivity index (χ0) is 15.0. The van der Waals surface area contributed by atoms with Crippen molar-refractivity contribution >= 4 is 11.9 Å². The van der Waals surface area contributed by atoms with Gasteiger partial charge >= 0.3 is 5.97 Å². The van der Waals surface area contributed by atoms with Crippen molar-refractivity contribution in [2.75, 3.05) is 13.2 Å². The van der Waals surface area contributed by atoms with Crippen molar-refractivity contribution in [1.29, 1.82) is 0 Å². The van der Waals surface area contributed by atoms with E-state index in [1.54, 1.807) is 0 Å². The Bertz CT molecular complexity index is 585. The van der Waals surface area contributed by atoms with Gasteiger partial charge in [-0.3, -0.25) is 9.59 Å². The van der Waals surface area contributed by atoms with Crippen molar-refractivity contribution in [1.82, 2.24) is 5.32 Å². The summed E-state index contributed by atoms with van der Waals surface area (Å²) >= 11 is 0. The molecular formula is C15H17NO5. The average molecular weight is 291 g/mol. The van der Waals surface area contributed by atoms with Gasteiger partial charge in [0.25, 0.3) is 0 Å². The minimum absolute atomic E-state index is 0.127. The van der Waals surface area contributed by atoms with Crippen molar-refractivity contribution in [2.45, 2.75) is 25.3 Å². The molecule has 6 heteroatoms. The summed E-state index contributed by atoms with van der Waals surface area (Å²) < 4.78 is 11.0. The van der Waals surface area contributed by atoms with Crippen molar-refractivity contribution < 1.29 is 24.2 Å². The first-order chi connectivity index (χ1) is 10.1. The molecule has 1 fully saturated rings. The molecule has 3 atom stereocenters. The molecule has 112 valence electrons. The van der Waals surface area contributed by atoms with Gasteiger partial charge in [-0.15, -0.1) is 0 Å². The molecule has 0 bridgehead atoms. The minimum Gasteiger partial charge on any atom is -0.486 e. The van der Waals surface area contributed by atoms with E-state index in [9.17, 15) is 9.59 Å². The van der Waals surface area contributed by atoms with Crippen LogP contribution < -0.4 is 14.8 Å². The largest absolute Gasteiger partial charge is 0.486 e. The second-order valence-electron chi connectivity index (χ2n) is 5.42. The van der Waals surface area contributed by atoms with Crippen LogP contribution in [0.2, 0.25) is 0 Å². The van der Waals surface area contributed by atoms with Gasteiger partial charge in [0.1, 0.15) is 19.3 Å². The summed E-state index contributed by atoms with van der Waals surface area (Å²) in [5, 5.41) is 11.3. The Labute approximate surface area is 122 Å². The van der Waals surface area contributed by atoms with Gasteiger partial charge in [-0.25, -0.2) is 0 Å². The number of fused-ring (bicyclic) bond motifs is 1. The fourth-order valence-corrected chi connectivity index (χ4v) is 2.53. The van der Waals surface area contributed by atoms with Gasteiger partial charge in [0.05, 0.1) is 0 Å². The summed E-state index contributed by atoms with van der Waals surface area (Å²) in [4.78, 5) is 22.7. The summed E-state index contributed by atoms with van der Waals surface area (Å²) in [6.07, 6.45) is 0.734. The molecule has 2 aliphatic rings. The van der Waals surface area contributed by atoms with Crippen LogP contribution in [0.15, 0.2) is 18.2 Å². The highest BCUT2D eigenvalue weighted by Crippen LogP contribution is 2.49. The highest BCUT2D eigenvalue weighted by molar-refractivity contribution is 5.87. The van der Waals surface area contributed by atoms with Crippen molar-refractivity contribution in [3.63, 3.8) is 0 Å². The van der Waals surface area contributed by atoms with Gasteiger partial charge in [-0.2, -0.15) is 0 Å². The molecule has 1 amide bonds. The molecule has 0 radical (unpaired) electrons. The summed E-state index contributed by atoms with van der Waals surface area (Å²) in [6.45, 7) is 2.54. The van der Waals surface area contributed by atoms with Crippen LogP contribution >= 0.6 is 0 Å². The van der Waals surface area contributed by atoms with Crippen LogP contribution in [0, 0.1) is 5.92 Å². The number of carboxylic acid groups (broad SMARTS) is 1. The maximum absolute atomic E-state index is 12.0. The highest BCUT2D eigenvalue weighted by atomic mass is 16.6. The normalized spacial score (nSPS) is 24.0. The van der Waals surface area contributed by atoms with Crippen molar-refractivity contribution in [3.8, 4) is 11.5 Å². The van der Waals surface area contributed by atoms with Crippen molar-refractivity contribution in [2.24, 2.45) is 5.92 Å². The number of hydrogen-bond acceptors (Lipinski definition) is 4. The van der Waals surface area contributed by atoms with E-state index < -0.39 is 12.0 Å². The third-order valence-corrected chi connectivity index (χ3v) is 3.85. The number of carbonyl (C=O) groups is 2. The van der Waals surface area contributed by atoms with E-state index in [1.807, 2.05) is 18.2 Å². The number of aliphatic carboxylic acids is 1. The summed E-state index contributed by atoms with van der Waals surface area (Å²) in [7, 11) is 0. The molecule has 0 saturated heterocycles. The fraction of sp³-hybridized carbons (Fsp3) is 0.467. The number of rotatable bonds is 4. The Hall–Kier alpha value is -2.24. The van der Waals surface area contributed by atoms with E-state index in [-0.39, 0.29) is 17.7 Å². The van der Waals surface area contributed by atoms with Crippen LogP contribution in [0.4, 0.5) is 0 Å². The Morgan fingerprint density at radius 1 is 1.29 bits per heavy atom.